The first-order valence-electron chi connectivity index (χ1n) is 20.3. The number of nitrogens with two attached hydrogens (primary N) is 5. The van der Waals surface area contributed by atoms with Crippen LogP contribution in [0.3, 0.4) is 0 Å². The van der Waals surface area contributed by atoms with Gasteiger partial charge in [0.25, 0.3) is 0 Å². The zero-order chi connectivity index (χ0) is 50.8. The summed E-state index contributed by atoms with van der Waals surface area (Å²) in [5.41, 5.74) is 26.8. The SMILES string of the molecule is CC(C)C[C@H](NC(=O)[C@@H](NC(=O)[C@H](CC(=O)O)NC(=O)[C@H](CO)NC(=O)[C@H](CCCN=C(N)N)NC(=O)[C@@H](N)CO)[C@@H](C)O)C(=O)N[C@@H](CCCN=C(N)N)C(=O)N[C@@H](CC(=O)O)C(=O)O. The second-order valence-electron chi connectivity index (χ2n) is 15.1. The minimum absolute atomic E-state index is 0.00291. The van der Waals surface area contributed by atoms with Crippen molar-refractivity contribution in [3.05, 3.63) is 0 Å². The Labute approximate surface area is 377 Å². The molecule has 0 aliphatic heterocycles. The van der Waals surface area contributed by atoms with Gasteiger partial charge in [-0.2, -0.15) is 0 Å². The number of amides is 7. The molecule has 0 spiro atoms. The van der Waals surface area contributed by atoms with E-state index in [-0.39, 0.29) is 63.0 Å². The lowest BCUT2D eigenvalue weighted by Gasteiger charge is -2.28. The van der Waals surface area contributed by atoms with Crippen molar-refractivity contribution in [1.82, 2.24) is 37.2 Å². The summed E-state index contributed by atoms with van der Waals surface area (Å²) < 4.78 is 0. The molecular weight excluding hydrogens is 884 g/mol. The lowest BCUT2D eigenvalue weighted by Crippen LogP contribution is -2.62. The van der Waals surface area contributed by atoms with Gasteiger partial charge in [-0.25, -0.2) is 4.79 Å². The van der Waals surface area contributed by atoms with Crippen LogP contribution in [0.1, 0.15) is 65.7 Å². The molecule has 66 heavy (non-hydrogen) atoms. The van der Waals surface area contributed by atoms with Gasteiger partial charge < -0.3 is 96.5 Å². The predicted molar refractivity (Wildman–Crippen MR) is 229 cm³/mol. The zero-order valence-electron chi connectivity index (χ0n) is 36.6. The summed E-state index contributed by atoms with van der Waals surface area (Å²) in [6.45, 7) is 2.34. The van der Waals surface area contributed by atoms with Crippen molar-refractivity contribution in [3.63, 3.8) is 0 Å². The molecule has 0 saturated heterocycles. The first kappa shape index (κ1) is 59.1. The standard InChI is InChI=1S/C36H64N14O16/c1-15(2)10-20(30(61)45-19(7-5-9-43-36(40)41)28(59)48-22(34(65)66)12-25(56)57)47-33(64)26(16(3)53)50-31(62)21(11-24(54)55)46-32(63)23(14-52)49-29(60)18(6-4-8-42-35(38)39)44-27(58)17(37)13-51/h15-23,26,51-53H,4-14,37H2,1-3H3,(H,44,58)(H,45,61)(H,46,63)(H,47,64)(H,48,59)(H,49,60)(H,50,62)(H,54,55)(H,56,57)(H,65,66)(H4,38,39,42)(H4,40,41,43)/t16-,17+,18+,19+,20+,21+,22+,23+,26+/m1/s1. The Bertz CT molecular complexity index is 1760. The number of rotatable bonds is 32. The molecule has 0 aromatic carbocycles. The summed E-state index contributed by atoms with van der Waals surface area (Å²) in [4.78, 5) is 135. The lowest BCUT2D eigenvalue weighted by atomic mass is 10.0. The number of carbonyl (C=O) groups is 10. The Morgan fingerprint density at radius 2 is 0.879 bits per heavy atom. The van der Waals surface area contributed by atoms with Crippen LogP contribution in [0.2, 0.25) is 0 Å². The number of hydrogen-bond donors (Lipinski definition) is 18. The van der Waals surface area contributed by atoms with E-state index in [4.69, 9.17) is 33.8 Å². The van der Waals surface area contributed by atoms with Crippen molar-refractivity contribution in [2.75, 3.05) is 26.3 Å². The van der Waals surface area contributed by atoms with E-state index in [0.717, 1.165) is 6.92 Å². The summed E-state index contributed by atoms with van der Waals surface area (Å²) in [5, 5.41) is 73.2. The fourth-order valence-corrected chi connectivity index (χ4v) is 5.57. The number of carbonyl (C=O) groups excluding carboxylic acids is 7. The number of guanidine groups is 2. The maximum Gasteiger partial charge on any atom is 0.326 e. The molecule has 7 amide bonds. The number of aliphatic hydroxyl groups is 3. The minimum Gasteiger partial charge on any atom is -0.481 e. The van der Waals surface area contributed by atoms with E-state index in [0.29, 0.717) is 0 Å². The van der Waals surface area contributed by atoms with Gasteiger partial charge in [0.1, 0.15) is 48.3 Å². The number of hydrogen-bond acceptors (Lipinski definition) is 16. The quantitative estimate of drug-likeness (QED) is 0.0169. The molecule has 0 rings (SSSR count). The topological polar surface area (TPSA) is 531 Å². The van der Waals surface area contributed by atoms with E-state index in [2.05, 4.69) is 36.6 Å². The molecule has 0 bridgehead atoms. The van der Waals surface area contributed by atoms with Crippen molar-refractivity contribution in [2.45, 2.75) is 120 Å². The maximum absolute atomic E-state index is 13.7. The van der Waals surface area contributed by atoms with Crippen LogP contribution in [0.15, 0.2) is 9.98 Å². The van der Waals surface area contributed by atoms with Gasteiger partial charge in [-0.3, -0.25) is 53.1 Å². The smallest absolute Gasteiger partial charge is 0.326 e. The van der Waals surface area contributed by atoms with Crippen molar-refractivity contribution < 1.29 is 78.6 Å². The van der Waals surface area contributed by atoms with E-state index < -0.39 is 140 Å². The molecular formula is C36H64N14O16. The molecule has 0 aromatic heterocycles. The molecule has 0 aromatic rings. The Morgan fingerprint density at radius 3 is 1.29 bits per heavy atom. The number of nitrogens with zero attached hydrogens (tertiary/aromatic N) is 2. The molecule has 23 N–H and O–H groups in total. The zero-order valence-corrected chi connectivity index (χ0v) is 36.6. The Kier molecular flexibility index (Phi) is 27.1. The second-order valence-corrected chi connectivity index (χ2v) is 15.1. The summed E-state index contributed by atoms with van der Waals surface area (Å²) >= 11 is 0. The first-order valence-corrected chi connectivity index (χ1v) is 20.3. The predicted octanol–water partition coefficient (Wildman–Crippen LogP) is -8.74. The van der Waals surface area contributed by atoms with Gasteiger partial charge in [-0.15, -0.1) is 0 Å². The highest BCUT2D eigenvalue weighted by molar-refractivity contribution is 5.98. The number of aliphatic hydroxyl groups excluding tert-OH is 3. The van der Waals surface area contributed by atoms with Crippen LogP contribution in [0.4, 0.5) is 0 Å². The summed E-state index contributed by atoms with van der Waals surface area (Å²) in [6.07, 6.45) is -4.33. The van der Waals surface area contributed by atoms with Crippen LogP contribution in [-0.4, -0.2) is 183 Å². The highest BCUT2D eigenvalue weighted by atomic mass is 16.4. The number of nitrogens with one attached hydrogen (secondary N) is 7. The van der Waals surface area contributed by atoms with Gasteiger partial charge in [0.15, 0.2) is 11.9 Å². The highest BCUT2D eigenvalue weighted by Crippen LogP contribution is 2.10. The third-order valence-corrected chi connectivity index (χ3v) is 8.91. The normalized spacial score (nSPS) is 15.0. The fraction of sp³-hybridized carbons (Fsp3) is 0.667. The second kappa shape index (κ2) is 30.3. The molecule has 0 saturated carbocycles. The molecule has 0 radical (unpaired) electrons. The largest absolute Gasteiger partial charge is 0.481 e. The number of carboxylic acids is 3. The number of carboxylic acid groups (broad SMARTS) is 3. The van der Waals surface area contributed by atoms with Gasteiger partial charge in [-0.05, 0) is 44.9 Å². The summed E-state index contributed by atoms with van der Waals surface area (Å²) in [6, 6.07) is -13.8. The average molecular weight is 949 g/mol. The average Bonchev–Trinajstić information content (AvgIpc) is 3.21. The molecule has 30 nitrogen and oxygen atoms in total. The van der Waals surface area contributed by atoms with Crippen LogP contribution in [0.5, 0.6) is 0 Å². The Morgan fingerprint density at radius 1 is 0.500 bits per heavy atom. The molecule has 374 valence electrons. The molecule has 30 heteroatoms. The molecule has 0 aliphatic rings. The van der Waals surface area contributed by atoms with Gasteiger partial charge in [0.2, 0.25) is 41.4 Å². The van der Waals surface area contributed by atoms with E-state index in [1.165, 1.54) is 0 Å². The molecule has 0 fully saturated rings. The maximum atomic E-state index is 13.7. The fourth-order valence-electron chi connectivity index (χ4n) is 5.57. The molecule has 9 atom stereocenters. The highest BCUT2D eigenvalue weighted by Gasteiger charge is 2.36. The third kappa shape index (κ3) is 23.7. The Balaban J connectivity index is 6.41. The van der Waals surface area contributed by atoms with Crippen LogP contribution in [-0.2, 0) is 47.9 Å². The third-order valence-electron chi connectivity index (χ3n) is 8.91. The van der Waals surface area contributed by atoms with Gasteiger partial charge in [0.05, 0.1) is 32.2 Å². The molecule has 0 heterocycles. The molecule has 0 unspecified atom stereocenters. The van der Waals surface area contributed by atoms with E-state index in [9.17, 15) is 73.5 Å². The van der Waals surface area contributed by atoms with Crippen LogP contribution in [0.25, 0.3) is 0 Å². The monoisotopic (exact) mass is 948 g/mol. The lowest BCUT2D eigenvalue weighted by molar-refractivity contribution is -0.147. The van der Waals surface area contributed by atoms with Gasteiger partial charge in [-0.1, -0.05) is 13.8 Å². The van der Waals surface area contributed by atoms with E-state index in [1.54, 1.807) is 13.8 Å². The van der Waals surface area contributed by atoms with Crippen LogP contribution < -0.4 is 65.9 Å². The van der Waals surface area contributed by atoms with Crippen LogP contribution in [0, 0.1) is 5.92 Å². The van der Waals surface area contributed by atoms with Crippen molar-refractivity contribution in [1.29, 1.82) is 0 Å². The Hall–Kier alpha value is -6.92. The molecule has 0 aliphatic carbocycles. The van der Waals surface area contributed by atoms with Gasteiger partial charge >= 0.3 is 17.9 Å². The van der Waals surface area contributed by atoms with Crippen molar-refractivity contribution in [2.24, 2.45) is 44.6 Å². The van der Waals surface area contributed by atoms with E-state index >= 15 is 0 Å². The van der Waals surface area contributed by atoms with E-state index in [1.807, 2.05) is 10.6 Å². The van der Waals surface area contributed by atoms with Gasteiger partial charge in [0, 0.05) is 13.1 Å². The summed E-state index contributed by atoms with van der Waals surface area (Å²) in [7, 11) is 0. The minimum atomic E-state index is -2.05. The number of aliphatic carboxylic acids is 3. The first-order chi connectivity index (χ1) is 30.7. The van der Waals surface area contributed by atoms with Crippen molar-refractivity contribution in [3.8, 4) is 0 Å². The van der Waals surface area contributed by atoms with Crippen LogP contribution >= 0.6 is 0 Å². The van der Waals surface area contributed by atoms with Crippen molar-refractivity contribution >= 4 is 71.2 Å². The summed E-state index contributed by atoms with van der Waals surface area (Å²) in [5.74, 6) is -14.0. The number of aliphatic imine (C=N–C) groups is 2.